The topological polar surface area (TPSA) is 47.9 Å². The Kier molecular flexibility index (Phi) is 4.65. The normalized spacial score (nSPS) is 11.9. The molecule has 2 aromatic carbocycles. The van der Waals surface area contributed by atoms with E-state index in [4.69, 9.17) is 14.2 Å². The molecule has 1 unspecified atom stereocenters. The third kappa shape index (κ3) is 2.92. The summed E-state index contributed by atoms with van der Waals surface area (Å²) in [4.78, 5) is 0. The molecule has 4 nitrogen and oxygen atoms in total. The van der Waals surface area contributed by atoms with Gasteiger partial charge in [0.25, 0.3) is 0 Å². The van der Waals surface area contributed by atoms with Crippen molar-refractivity contribution < 1.29 is 23.7 Å². The number of ether oxygens (including phenoxy) is 3. The molecule has 112 valence electrons. The number of halogens is 1. The zero-order valence-electron chi connectivity index (χ0n) is 12.1. The van der Waals surface area contributed by atoms with Crippen LogP contribution in [-0.2, 0) is 0 Å². The summed E-state index contributed by atoms with van der Waals surface area (Å²) in [6.45, 7) is 0. The maximum atomic E-state index is 14.1. The summed E-state index contributed by atoms with van der Waals surface area (Å²) in [5, 5.41) is 10.5. The number of hydrogen-bond acceptors (Lipinski definition) is 4. The summed E-state index contributed by atoms with van der Waals surface area (Å²) in [6, 6.07) is 9.39. The Morgan fingerprint density at radius 3 is 2.05 bits per heavy atom. The van der Waals surface area contributed by atoms with E-state index < -0.39 is 11.9 Å². The third-order valence-corrected chi connectivity index (χ3v) is 3.24. The van der Waals surface area contributed by atoms with Crippen LogP contribution < -0.4 is 14.2 Å². The van der Waals surface area contributed by atoms with Gasteiger partial charge in [-0.25, -0.2) is 4.39 Å². The van der Waals surface area contributed by atoms with E-state index in [0.717, 1.165) is 0 Å². The Morgan fingerprint density at radius 2 is 1.57 bits per heavy atom. The summed E-state index contributed by atoms with van der Waals surface area (Å²) < 4.78 is 29.5. The van der Waals surface area contributed by atoms with Crippen molar-refractivity contribution >= 4 is 0 Å². The second-order valence-corrected chi connectivity index (χ2v) is 4.37. The molecule has 1 N–H and O–H groups in total. The molecule has 0 bridgehead atoms. The van der Waals surface area contributed by atoms with E-state index in [9.17, 15) is 9.50 Å². The lowest BCUT2D eigenvalue weighted by Crippen LogP contribution is -2.07. The Balaban J connectivity index is 2.51. The lowest BCUT2D eigenvalue weighted by atomic mass is 9.99. The van der Waals surface area contributed by atoms with Gasteiger partial charge in [0.05, 0.1) is 26.9 Å². The van der Waals surface area contributed by atoms with Crippen LogP contribution in [0, 0.1) is 5.82 Å². The van der Waals surface area contributed by atoms with Crippen molar-refractivity contribution in [2.75, 3.05) is 21.3 Å². The van der Waals surface area contributed by atoms with Crippen LogP contribution in [0.3, 0.4) is 0 Å². The molecule has 0 aliphatic carbocycles. The molecular formula is C16H17FO4. The van der Waals surface area contributed by atoms with Gasteiger partial charge in [-0.05, 0) is 24.3 Å². The summed E-state index contributed by atoms with van der Waals surface area (Å²) in [5.41, 5.74) is 0.505. The SMILES string of the molecule is COc1ccc(C(O)c2c(OC)cccc2OC)c(F)c1. The lowest BCUT2D eigenvalue weighted by molar-refractivity contribution is 0.203. The van der Waals surface area contributed by atoms with E-state index in [-0.39, 0.29) is 5.56 Å². The average molecular weight is 292 g/mol. The van der Waals surface area contributed by atoms with E-state index in [1.54, 1.807) is 24.3 Å². The van der Waals surface area contributed by atoms with Gasteiger partial charge in [-0.15, -0.1) is 0 Å². The number of methoxy groups -OCH3 is 3. The largest absolute Gasteiger partial charge is 0.497 e. The Bertz CT molecular complexity index is 605. The monoisotopic (exact) mass is 292 g/mol. The van der Waals surface area contributed by atoms with E-state index in [0.29, 0.717) is 22.8 Å². The van der Waals surface area contributed by atoms with Gasteiger partial charge >= 0.3 is 0 Å². The van der Waals surface area contributed by atoms with Gasteiger partial charge < -0.3 is 19.3 Å². The first kappa shape index (κ1) is 15.1. The maximum absolute atomic E-state index is 14.1. The molecule has 0 amide bonds. The Labute approximate surface area is 122 Å². The summed E-state index contributed by atoms with van der Waals surface area (Å²) in [5.74, 6) is 0.680. The molecule has 1 atom stereocenters. The summed E-state index contributed by atoms with van der Waals surface area (Å²) in [7, 11) is 4.42. The molecule has 0 aliphatic rings. The predicted octanol–water partition coefficient (Wildman–Crippen LogP) is 2.93. The number of hydrogen-bond donors (Lipinski definition) is 1. The van der Waals surface area contributed by atoms with Crippen LogP contribution in [0.1, 0.15) is 17.2 Å². The number of rotatable bonds is 5. The van der Waals surface area contributed by atoms with Crippen molar-refractivity contribution in [1.82, 2.24) is 0 Å². The molecular weight excluding hydrogens is 275 g/mol. The lowest BCUT2D eigenvalue weighted by Gasteiger charge is -2.19. The van der Waals surface area contributed by atoms with Gasteiger partial charge in [0.2, 0.25) is 0 Å². The second-order valence-electron chi connectivity index (χ2n) is 4.37. The minimum Gasteiger partial charge on any atom is -0.497 e. The molecule has 5 heteroatoms. The van der Waals surface area contributed by atoms with Crippen molar-refractivity contribution in [2.24, 2.45) is 0 Å². The molecule has 2 aromatic rings. The number of benzene rings is 2. The Hall–Kier alpha value is -2.27. The minimum atomic E-state index is -1.21. The molecule has 0 spiro atoms. The molecule has 0 heterocycles. The fourth-order valence-electron chi connectivity index (χ4n) is 2.16. The van der Waals surface area contributed by atoms with E-state index in [2.05, 4.69) is 0 Å². The first-order valence-corrected chi connectivity index (χ1v) is 6.34. The smallest absolute Gasteiger partial charge is 0.133 e. The van der Waals surface area contributed by atoms with Crippen LogP contribution in [0.2, 0.25) is 0 Å². The van der Waals surface area contributed by atoms with Gasteiger partial charge in [-0.3, -0.25) is 0 Å². The Morgan fingerprint density at radius 1 is 0.952 bits per heavy atom. The van der Waals surface area contributed by atoms with Gasteiger partial charge in [-0.2, -0.15) is 0 Å². The first-order valence-electron chi connectivity index (χ1n) is 6.34. The second kappa shape index (κ2) is 6.45. The van der Waals surface area contributed by atoms with Crippen LogP contribution in [0.4, 0.5) is 4.39 Å². The van der Waals surface area contributed by atoms with Crippen LogP contribution >= 0.6 is 0 Å². The van der Waals surface area contributed by atoms with Gasteiger partial charge in [0.15, 0.2) is 0 Å². The van der Waals surface area contributed by atoms with Gasteiger partial charge in [0, 0.05) is 11.6 Å². The van der Waals surface area contributed by atoms with Crippen LogP contribution in [0.5, 0.6) is 17.2 Å². The average Bonchev–Trinajstić information content (AvgIpc) is 2.53. The van der Waals surface area contributed by atoms with Crippen molar-refractivity contribution in [3.63, 3.8) is 0 Å². The molecule has 0 saturated heterocycles. The number of aliphatic hydroxyl groups excluding tert-OH is 1. The van der Waals surface area contributed by atoms with E-state index in [1.165, 1.54) is 33.5 Å². The highest BCUT2D eigenvalue weighted by atomic mass is 19.1. The van der Waals surface area contributed by atoms with E-state index in [1.807, 2.05) is 0 Å². The van der Waals surface area contributed by atoms with Gasteiger partial charge in [-0.1, -0.05) is 6.07 Å². The van der Waals surface area contributed by atoms with Crippen molar-refractivity contribution in [3.8, 4) is 17.2 Å². The molecule has 2 rings (SSSR count). The number of aliphatic hydroxyl groups is 1. The predicted molar refractivity (Wildman–Crippen MR) is 76.6 cm³/mol. The van der Waals surface area contributed by atoms with Crippen LogP contribution in [-0.4, -0.2) is 26.4 Å². The highest BCUT2D eigenvalue weighted by molar-refractivity contribution is 5.50. The zero-order valence-corrected chi connectivity index (χ0v) is 12.1. The highest BCUT2D eigenvalue weighted by Crippen LogP contribution is 2.38. The first-order chi connectivity index (χ1) is 10.1. The van der Waals surface area contributed by atoms with E-state index >= 15 is 0 Å². The maximum Gasteiger partial charge on any atom is 0.133 e. The van der Waals surface area contributed by atoms with Crippen molar-refractivity contribution in [1.29, 1.82) is 0 Å². The molecule has 0 fully saturated rings. The minimum absolute atomic E-state index is 0.124. The molecule has 0 aromatic heterocycles. The van der Waals surface area contributed by atoms with Crippen LogP contribution in [0.15, 0.2) is 36.4 Å². The van der Waals surface area contributed by atoms with Crippen molar-refractivity contribution in [3.05, 3.63) is 53.3 Å². The zero-order chi connectivity index (χ0) is 15.4. The highest BCUT2D eigenvalue weighted by Gasteiger charge is 2.23. The third-order valence-electron chi connectivity index (χ3n) is 3.24. The molecule has 0 aliphatic heterocycles. The summed E-state index contributed by atoms with van der Waals surface area (Å²) in [6.07, 6.45) is -1.21. The molecule has 21 heavy (non-hydrogen) atoms. The fourth-order valence-corrected chi connectivity index (χ4v) is 2.16. The van der Waals surface area contributed by atoms with Crippen LogP contribution in [0.25, 0.3) is 0 Å². The fraction of sp³-hybridized carbons (Fsp3) is 0.250. The van der Waals surface area contributed by atoms with Crippen molar-refractivity contribution in [2.45, 2.75) is 6.10 Å². The summed E-state index contributed by atoms with van der Waals surface area (Å²) >= 11 is 0. The molecule has 0 saturated carbocycles. The molecule has 0 radical (unpaired) electrons. The van der Waals surface area contributed by atoms with Gasteiger partial charge in [0.1, 0.15) is 29.2 Å². The quantitative estimate of drug-likeness (QED) is 0.920. The standard InChI is InChI=1S/C16H17FO4/c1-19-10-7-8-11(12(17)9-10)16(18)15-13(20-2)5-4-6-14(15)21-3/h4-9,16,18H,1-3H3.